The maximum Gasteiger partial charge on any atom is 0.416 e. The van der Waals surface area contributed by atoms with E-state index in [0.717, 1.165) is 17.9 Å². The number of hydrogen-bond acceptors (Lipinski definition) is 5. The smallest absolute Gasteiger partial charge is 0.289 e. The molecule has 1 atom stereocenters. The summed E-state index contributed by atoms with van der Waals surface area (Å²) in [6.45, 7) is 4.38. The number of carbonyl (C=O) groups is 1. The van der Waals surface area contributed by atoms with E-state index in [1.54, 1.807) is 21.5 Å². The van der Waals surface area contributed by atoms with Crippen molar-refractivity contribution in [1.29, 1.82) is 0 Å². The van der Waals surface area contributed by atoms with Gasteiger partial charge in [0, 0.05) is 21.9 Å². The second-order valence-electron chi connectivity index (χ2n) is 5.58. The lowest BCUT2D eigenvalue weighted by Crippen LogP contribution is -2.57. The van der Waals surface area contributed by atoms with Gasteiger partial charge in [0.05, 0.1) is 5.56 Å². The molecule has 2 N–H and O–H groups in total. The normalized spacial score (nSPS) is 21.9. The van der Waals surface area contributed by atoms with Gasteiger partial charge in [-0.3, -0.25) is 10.0 Å². The van der Waals surface area contributed by atoms with E-state index in [2.05, 4.69) is 0 Å². The van der Waals surface area contributed by atoms with Gasteiger partial charge < -0.3 is 0 Å². The van der Waals surface area contributed by atoms with E-state index < -0.39 is 28.4 Å². The fourth-order valence-electron chi connectivity index (χ4n) is 2.40. The highest BCUT2D eigenvalue weighted by Gasteiger charge is 2.43. The Kier molecular flexibility index (Phi) is 5.55. The van der Waals surface area contributed by atoms with E-state index in [0.29, 0.717) is 11.4 Å². The van der Waals surface area contributed by atoms with Crippen molar-refractivity contribution in [3.05, 3.63) is 29.8 Å². The molecule has 1 heterocycles. The number of thioether (sulfide) groups is 1. The molecule has 1 unspecified atom stereocenters. The number of rotatable bonds is 3. The van der Waals surface area contributed by atoms with Gasteiger partial charge in [0.1, 0.15) is 6.04 Å². The van der Waals surface area contributed by atoms with Crippen molar-refractivity contribution < 1.29 is 23.2 Å². The van der Waals surface area contributed by atoms with Crippen LogP contribution in [0.5, 0.6) is 0 Å². The molecular weight excluding hydrogens is 349 g/mol. The summed E-state index contributed by atoms with van der Waals surface area (Å²) in [5.41, 5.74) is 0.972. The molecule has 1 saturated heterocycles. The Labute approximate surface area is 140 Å². The predicted octanol–water partition coefficient (Wildman–Crippen LogP) is 3.41. The first-order valence-electron chi connectivity index (χ1n) is 6.85. The van der Waals surface area contributed by atoms with E-state index in [9.17, 15) is 18.0 Å². The highest BCUT2D eigenvalue weighted by Crippen LogP contribution is 2.41. The fraction of sp³-hybridized carbons (Fsp3) is 0.500. The molecule has 0 saturated carbocycles. The molecule has 4 nitrogen and oxygen atoms in total. The average molecular weight is 366 g/mol. The van der Waals surface area contributed by atoms with Gasteiger partial charge in [-0.25, -0.2) is 9.79 Å². The maximum absolute atomic E-state index is 12.6. The molecule has 1 amide bonds. The summed E-state index contributed by atoms with van der Waals surface area (Å²) in [6, 6.07) is 4.21. The quantitative estimate of drug-likeness (QED) is 0.488. The van der Waals surface area contributed by atoms with Crippen molar-refractivity contribution in [3.8, 4) is 0 Å². The Balaban J connectivity index is 2.18. The predicted molar refractivity (Wildman–Crippen MR) is 84.3 cm³/mol. The summed E-state index contributed by atoms with van der Waals surface area (Å²) in [6.07, 6.45) is -4.37. The van der Waals surface area contributed by atoms with Crippen molar-refractivity contribution >= 4 is 29.6 Å². The minimum Gasteiger partial charge on any atom is -0.289 e. The first-order valence-corrected chi connectivity index (χ1v) is 8.61. The Hall–Kier alpha value is -0.900. The van der Waals surface area contributed by atoms with E-state index in [1.165, 1.54) is 24.1 Å². The van der Waals surface area contributed by atoms with E-state index in [4.69, 9.17) is 5.21 Å². The van der Waals surface area contributed by atoms with Crippen molar-refractivity contribution in [2.75, 3.05) is 12.3 Å². The third-order valence-electron chi connectivity index (χ3n) is 3.50. The van der Waals surface area contributed by atoms with E-state index >= 15 is 0 Å². The Bertz CT molecular complexity index is 564. The van der Waals surface area contributed by atoms with Gasteiger partial charge in [-0.05, 0) is 50.1 Å². The summed E-state index contributed by atoms with van der Waals surface area (Å²) in [5.74, 6) is 0.261. The minimum absolute atomic E-state index is 0.427. The summed E-state index contributed by atoms with van der Waals surface area (Å²) in [5, 5.41) is 8.96. The van der Waals surface area contributed by atoms with Crippen molar-refractivity contribution in [2.24, 2.45) is 0 Å². The van der Waals surface area contributed by atoms with Gasteiger partial charge in [0.2, 0.25) is 0 Å². The molecule has 0 aliphatic carbocycles. The summed E-state index contributed by atoms with van der Waals surface area (Å²) in [4.78, 5) is 12.6. The summed E-state index contributed by atoms with van der Waals surface area (Å²) >= 11 is 2.84. The highest BCUT2D eigenvalue weighted by molar-refractivity contribution is 8.01. The number of nitrogens with one attached hydrogen (secondary N) is 1. The van der Waals surface area contributed by atoms with Crippen LogP contribution >= 0.6 is 23.7 Å². The number of carbonyl (C=O) groups excluding carboxylic acids is 1. The largest absolute Gasteiger partial charge is 0.416 e. The van der Waals surface area contributed by atoms with Crippen molar-refractivity contribution in [2.45, 2.75) is 35.7 Å². The van der Waals surface area contributed by atoms with Crippen molar-refractivity contribution in [1.82, 2.24) is 9.79 Å². The molecule has 1 fully saturated rings. The van der Waals surface area contributed by atoms with Crippen LogP contribution in [0.15, 0.2) is 29.2 Å². The molecule has 2 rings (SSSR count). The van der Waals surface area contributed by atoms with Crippen LogP contribution in [-0.4, -0.2) is 38.5 Å². The number of halogens is 3. The van der Waals surface area contributed by atoms with Crippen LogP contribution in [0.25, 0.3) is 0 Å². The molecule has 0 spiro atoms. The first-order chi connectivity index (χ1) is 10.6. The minimum atomic E-state index is -4.37. The lowest BCUT2D eigenvalue weighted by molar-refractivity contribution is -0.137. The number of alkyl halides is 3. The number of hydroxylamine groups is 1. The molecule has 9 heteroatoms. The topological polar surface area (TPSA) is 52.6 Å². The van der Waals surface area contributed by atoms with Crippen LogP contribution < -0.4 is 5.48 Å². The molecule has 1 aliphatic rings. The molecule has 0 radical (unpaired) electrons. The van der Waals surface area contributed by atoms with Crippen LogP contribution in [0.4, 0.5) is 13.2 Å². The lowest BCUT2D eigenvalue weighted by atomic mass is 10.0. The second kappa shape index (κ2) is 6.92. The number of nitrogens with zero attached hydrogens (tertiary/aromatic N) is 1. The zero-order valence-corrected chi connectivity index (χ0v) is 14.2. The van der Waals surface area contributed by atoms with Crippen LogP contribution in [0, 0.1) is 0 Å². The Morgan fingerprint density at radius 2 is 2.00 bits per heavy atom. The highest BCUT2D eigenvalue weighted by atomic mass is 32.2. The Morgan fingerprint density at radius 3 is 2.52 bits per heavy atom. The van der Waals surface area contributed by atoms with E-state index in [-0.39, 0.29) is 0 Å². The summed E-state index contributed by atoms with van der Waals surface area (Å²) in [7, 11) is 0. The maximum atomic E-state index is 12.6. The summed E-state index contributed by atoms with van der Waals surface area (Å²) < 4.78 is 39.1. The molecule has 0 bridgehead atoms. The molecule has 128 valence electrons. The van der Waals surface area contributed by atoms with Crippen LogP contribution in [0.3, 0.4) is 0 Å². The molecule has 1 aromatic carbocycles. The van der Waals surface area contributed by atoms with Gasteiger partial charge >= 0.3 is 6.18 Å². The molecule has 23 heavy (non-hydrogen) atoms. The third kappa shape index (κ3) is 4.34. The first kappa shape index (κ1) is 18.4. The van der Waals surface area contributed by atoms with Gasteiger partial charge in [0.25, 0.3) is 5.91 Å². The van der Waals surface area contributed by atoms with Crippen molar-refractivity contribution in [3.63, 3.8) is 0 Å². The van der Waals surface area contributed by atoms with Gasteiger partial charge in [-0.2, -0.15) is 24.9 Å². The monoisotopic (exact) mass is 366 g/mol. The number of hydrogen-bond donors (Lipinski definition) is 2. The van der Waals surface area contributed by atoms with E-state index in [1.807, 2.05) is 13.8 Å². The van der Waals surface area contributed by atoms with Gasteiger partial charge in [-0.15, -0.1) is 0 Å². The standard InChI is InChI=1S/C14H17F3N2O2S2/c1-13(2)11(12(20)18-21)19(7-8-22-13)23-10-5-3-9(4-6-10)14(15,16)17/h3-6,11,21H,7-8H2,1-2H3,(H,18,20). The van der Waals surface area contributed by atoms with Gasteiger partial charge in [-0.1, -0.05) is 0 Å². The molecular formula is C14H17F3N2O2S2. The van der Waals surface area contributed by atoms with Crippen LogP contribution in [0.2, 0.25) is 0 Å². The second-order valence-corrected chi connectivity index (χ2v) is 8.46. The average Bonchev–Trinajstić information content (AvgIpc) is 2.45. The third-order valence-corrected chi connectivity index (χ3v) is 5.96. The Morgan fingerprint density at radius 1 is 1.39 bits per heavy atom. The van der Waals surface area contributed by atoms with Crippen LogP contribution in [0.1, 0.15) is 19.4 Å². The van der Waals surface area contributed by atoms with Gasteiger partial charge in [0.15, 0.2) is 0 Å². The molecule has 1 aromatic rings. The molecule has 1 aliphatic heterocycles. The number of amides is 1. The number of benzene rings is 1. The zero-order chi connectivity index (χ0) is 17.3. The SMILES string of the molecule is CC1(C)SCCN(Sc2ccc(C(F)(F)F)cc2)C1C(=O)NO. The van der Waals surface area contributed by atoms with Crippen LogP contribution in [-0.2, 0) is 11.0 Å². The zero-order valence-electron chi connectivity index (χ0n) is 12.6. The fourth-order valence-corrected chi connectivity index (χ4v) is 4.96. The molecule has 0 aromatic heterocycles. The lowest BCUT2D eigenvalue weighted by Gasteiger charge is -2.43.